The summed E-state index contributed by atoms with van der Waals surface area (Å²) in [5, 5.41) is 23.5. The molecule has 0 fully saturated rings. The monoisotopic (exact) mass is 1210 g/mol. The molecule has 0 bridgehead atoms. The highest BCUT2D eigenvalue weighted by molar-refractivity contribution is 8.76. The molecule has 0 aromatic carbocycles. The number of nitrogens with one attached hydrogen (secondary N) is 8. The molecule has 0 unspecified atom stereocenters. The maximum absolute atomic E-state index is 14.2. The van der Waals surface area contributed by atoms with Gasteiger partial charge in [-0.05, 0) is 164 Å². The van der Waals surface area contributed by atoms with Crippen LogP contribution in [0, 0.1) is 0 Å². The summed E-state index contributed by atoms with van der Waals surface area (Å²) in [6, 6.07) is 1.06. The Labute approximate surface area is 501 Å². The first-order valence-electron chi connectivity index (χ1n) is 28.9. The standard InChI is InChI=1S/C56H101N15O10S2/c1-57-28-19-24-46(72)45(36-47(73)58-2)70(11)53(78)25-13-12-18-35-82-83-52-27-26-42(37-63-52)56(81)71(33-20-31-61-54(79)43(64-50(76)40-68(7)8)22-14-16-29-59-48(74)38-66(3)4)34-21-32-62-55(80)44(65-51(77)41-69(9)10)23-15-17-30-60-49(75)39-67(5)6/h26-27,37,43-45,57H,12-25,28-36,38-41H2,1-11H3,(H,58,73)(H,59,74)(H,60,75)(H,61,79)(H,62,80)(H,64,76)(H,65,77)/t43-,44-,45-/m0/s1. The van der Waals surface area contributed by atoms with E-state index in [1.54, 1.807) is 89.7 Å². The normalized spacial score (nSPS) is 12.3. The molecule has 0 radical (unpaired) electrons. The van der Waals surface area contributed by atoms with Crippen molar-refractivity contribution in [2.24, 2.45) is 0 Å². The van der Waals surface area contributed by atoms with Gasteiger partial charge in [0.05, 0.1) is 44.2 Å². The number of pyridine rings is 1. The highest BCUT2D eigenvalue weighted by atomic mass is 33.1. The summed E-state index contributed by atoms with van der Waals surface area (Å²) >= 11 is 0. The van der Waals surface area contributed by atoms with Crippen molar-refractivity contribution in [1.29, 1.82) is 0 Å². The van der Waals surface area contributed by atoms with E-state index in [4.69, 9.17) is 0 Å². The van der Waals surface area contributed by atoms with Gasteiger partial charge in [0.25, 0.3) is 5.91 Å². The smallest absolute Gasteiger partial charge is 0.255 e. The van der Waals surface area contributed by atoms with Crippen LogP contribution >= 0.6 is 21.6 Å². The first kappa shape index (κ1) is 75.6. The summed E-state index contributed by atoms with van der Waals surface area (Å²) in [6.07, 6.45) is 8.66. The van der Waals surface area contributed by atoms with Crippen molar-refractivity contribution in [3.05, 3.63) is 23.9 Å². The first-order chi connectivity index (χ1) is 39.5. The molecule has 0 spiro atoms. The number of amides is 9. The highest BCUT2D eigenvalue weighted by Crippen LogP contribution is 2.30. The van der Waals surface area contributed by atoms with Crippen LogP contribution in [0.25, 0.3) is 0 Å². The van der Waals surface area contributed by atoms with Gasteiger partial charge in [0, 0.05) is 78.2 Å². The van der Waals surface area contributed by atoms with E-state index >= 15 is 0 Å². The Morgan fingerprint density at radius 1 is 0.518 bits per heavy atom. The van der Waals surface area contributed by atoms with Gasteiger partial charge in [0.15, 0.2) is 5.78 Å². The van der Waals surface area contributed by atoms with E-state index in [0.29, 0.717) is 94.4 Å². The topological polar surface area (TPSA) is 299 Å². The molecule has 83 heavy (non-hydrogen) atoms. The van der Waals surface area contributed by atoms with Crippen LogP contribution in [-0.2, 0) is 43.2 Å². The zero-order valence-electron chi connectivity index (χ0n) is 51.6. The molecule has 9 amide bonds. The number of nitrogens with zero attached hydrogens (tertiary/aromatic N) is 7. The molecule has 0 aliphatic carbocycles. The lowest BCUT2D eigenvalue weighted by atomic mass is 10.0. The SMILES string of the molecule is CNCCCC(=O)[C@H](CC(=O)NC)N(C)C(=O)CCCCCSSc1ccc(C(=O)N(CCCNC(=O)[C@H](CCCCNC(=O)CN(C)C)NC(=O)CN(C)C)CCCNC(=O)[C@H](CCCCNC(=O)CN(C)C)NC(=O)CN(C)C)cn1. The largest absolute Gasteiger partial charge is 0.359 e. The van der Waals surface area contributed by atoms with E-state index in [1.807, 2.05) is 28.2 Å². The Balaban J connectivity index is 3.06. The molecule has 1 heterocycles. The molecule has 3 atom stereocenters. The minimum Gasteiger partial charge on any atom is -0.359 e. The van der Waals surface area contributed by atoms with E-state index in [2.05, 4.69) is 47.5 Å². The Hall–Kier alpha value is -5.45. The number of ketones is 1. The molecule has 1 aromatic heterocycles. The lowest BCUT2D eigenvalue weighted by molar-refractivity contribution is -0.140. The molecular formula is C56H101N15O10S2. The molecule has 0 aliphatic rings. The molecular weight excluding hydrogens is 1110 g/mol. The fourth-order valence-electron chi connectivity index (χ4n) is 8.36. The van der Waals surface area contributed by atoms with Crippen LogP contribution in [0.5, 0.6) is 0 Å². The van der Waals surface area contributed by atoms with Gasteiger partial charge in [-0.2, -0.15) is 0 Å². The number of hydrogen-bond acceptors (Lipinski definition) is 18. The fraction of sp³-hybridized carbons (Fsp3) is 0.732. The van der Waals surface area contributed by atoms with Crippen LogP contribution in [0.2, 0.25) is 0 Å². The number of aromatic nitrogens is 1. The average molecular weight is 1210 g/mol. The van der Waals surface area contributed by atoms with Gasteiger partial charge in [0.1, 0.15) is 17.1 Å². The van der Waals surface area contributed by atoms with Crippen molar-refractivity contribution in [3.8, 4) is 0 Å². The van der Waals surface area contributed by atoms with Gasteiger partial charge in [-0.3, -0.25) is 47.9 Å². The molecule has 25 nitrogen and oxygen atoms in total. The number of carbonyl (C=O) groups excluding carboxylic acids is 10. The van der Waals surface area contributed by atoms with Crippen LogP contribution in [0.3, 0.4) is 0 Å². The number of unbranched alkanes of at least 4 members (excludes halogenated alkanes) is 4. The number of rotatable bonds is 47. The average Bonchev–Trinajstić information content (AvgIpc) is 3.45. The third kappa shape index (κ3) is 36.8. The summed E-state index contributed by atoms with van der Waals surface area (Å²) in [5.74, 6) is -1.67. The quantitative estimate of drug-likeness (QED) is 0.0319. The Kier molecular flexibility index (Phi) is 41.0. The van der Waals surface area contributed by atoms with Crippen molar-refractivity contribution < 1.29 is 47.9 Å². The zero-order valence-corrected chi connectivity index (χ0v) is 53.2. The minimum absolute atomic E-state index is 0.0753. The van der Waals surface area contributed by atoms with E-state index in [0.717, 1.165) is 18.6 Å². The molecule has 0 aliphatic heterocycles. The van der Waals surface area contributed by atoms with Crippen molar-refractivity contribution in [1.82, 2.24) is 76.9 Å². The van der Waals surface area contributed by atoms with Crippen LogP contribution < -0.4 is 42.5 Å². The van der Waals surface area contributed by atoms with Crippen LogP contribution in [0.1, 0.15) is 107 Å². The second-order valence-electron chi connectivity index (χ2n) is 21.6. The van der Waals surface area contributed by atoms with Gasteiger partial charge >= 0.3 is 0 Å². The first-order valence-corrected chi connectivity index (χ1v) is 31.2. The predicted octanol–water partition coefficient (Wildman–Crippen LogP) is 0.158. The summed E-state index contributed by atoms with van der Waals surface area (Å²) < 4.78 is 0. The van der Waals surface area contributed by atoms with Crippen molar-refractivity contribution in [2.45, 2.75) is 119 Å². The molecule has 0 saturated heterocycles. The van der Waals surface area contributed by atoms with Gasteiger partial charge in [-0.25, -0.2) is 4.98 Å². The molecule has 0 saturated carbocycles. The summed E-state index contributed by atoms with van der Waals surface area (Å²) in [4.78, 5) is 144. The molecule has 27 heteroatoms. The molecule has 1 rings (SSSR count). The van der Waals surface area contributed by atoms with E-state index in [1.165, 1.54) is 28.9 Å². The third-order valence-electron chi connectivity index (χ3n) is 12.7. The predicted molar refractivity (Wildman–Crippen MR) is 327 cm³/mol. The van der Waals surface area contributed by atoms with Crippen molar-refractivity contribution >= 4 is 80.5 Å². The summed E-state index contributed by atoms with van der Waals surface area (Å²) in [5.41, 5.74) is 0.349. The van der Waals surface area contributed by atoms with E-state index in [9.17, 15) is 47.9 Å². The van der Waals surface area contributed by atoms with Gasteiger partial charge in [-0.15, -0.1) is 0 Å². The Bertz CT molecular complexity index is 2040. The van der Waals surface area contributed by atoms with Gasteiger partial charge in [-0.1, -0.05) is 17.2 Å². The van der Waals surface area contributed by atoms with Crippen LogP contribution in [-0.4, -0.2) is 267 Å². The second-order valence-corrected chi connectivity index (χ2v) is 24.1. The fourth-order valence-corrected chi connectivity index (χ4v) is 10.4. The lowest BCUT2D eigenvalue weighted by Gasteiger charge is -2.27. The number of carbonyl (C=O) groups is 10. The van der Waals surface area contributed by atoms with E-state index < -0.39 is 18.1 Å². The minimum atomic E-state index is -0.811. The molecule has 472 valence electrons. The van der Waals surface area contributed by atoms with E-state index in [-0.39, 0.29) is 131 Å². The van der Waals surface area contributed by atoms with Crippen LogP contribution in [0.15, 0.2) is 23.4 Å². The third-order valence-corrected chi connectivity index (χ3v) is 15.1. The number of Topliss-reactive ketones (excluding diaryl/α,β-unsaturated/α-hetero) is 1. The maximum atomic E-state index is 14.2. The zero-order chi connectivity index (χ0) is 62.1. The van der Waals surface area contributed by atoms with Gasteiger partial charge in [0.2, 0.25) is 47.3 Å². The molecule has 8 N–H and O–H groups in total. The summed E-state index contributed by atoms with van der Waals surface area (Å²) in [6.45, 7) is 3.13. The lowest BCUT2D eigenvalue weighted by Crippen LogP contribution is -2.49. The van der Waals surface area contributed by atoms with Crippen molar-refractivity contribution in [2.75, 3.05) is 155 Å². The number of likely N-dealkylation sites (N-methyl/N-ethyl adjacent to an activating group) is 5. The summed E-state index contributed by atoms with van der Waals surface area (Å²) in [7, 11) is 22.2. The highest BCUT2D eigenvalue weighted by Gasteiger charge is 2.29. The Morgan fingerprint density at radius 2 is 1.01 bits per heavy atom. The number of hydrogen-bond donors (Lipinski definition) is 8. The Morgan fingerprint density at radius 3 is 1.47 bits per heavy atom. The second kappa shape index (κ2) is 45.0. The van der Waals surface area contributed by atoms with Crippen molar-refractivity contribution in [3.63, 3.8) is 0 Å². The van der Waals surface area contributed by atoms with Crippen LogP contribution in [0.4, 0.5) is 0 Å². The molecule has 1 aromatic rings. The van der Waals surface area contributed by atoms with Gasteiger partial charge < -0.3 is 71.9 Å². The maximum Gasteiger partial charge on any atom is 0.255 e.